The Morgan fingerprint density at radius 3 is 2.27 bits per heavy atom. The smallest absolute Gasteiger partial charge is 0.372 e. The molecule has 118 valence electrons. The maximum absolute atomic E-state index is 12.8. The van der Waals surface area contributed by atoms with E-state index in [4.69, 9.17) is 5.41 Å². The van der Waals surface area contributed by atoms with Gasteiger partial charge in [0.05, 0.1) is 5.69 Å². The van der Waals surface area contributed by atoms with Gasteiger partial charge in [0.2, 0.25) is 6.04 Å². The first kappa shape index (κ1) is 16.1. The van der Waals surface area contributed by atoms with Crippen molar-refractivity contribution in [3.05, 3.63) is 24.3 Å². The van der Waals surface area contributed by atoms with Crippen molar-refractivity contribution < 1.29 is 13.2 Å². The van der Waals surface area contributed by atoms with E-state index in [1.54, 1.807) is 24.3 Å². The van der Waals surface area contributed by atoms with Crippen LogP contribution in [-0.4, -0.2) is 36.9 Å². The number of hydrogen-bond donors (Lipinski definition) is 1. The number of azo groups is 1. The van der Waals surface area contributed by atoms with Gasteiger partial charge in [0.25, 0.3) is 0 Å². The third-order valence-corrected chi connectivity index (χ3v) is 3.31. The average Bonchev–Trinajstić information content (AvgIpc) is 2.83. The number of amidine groups is 1. The number of halogens is 3. The molecule has 0 radical (unpaired) electrons. The second-order valence-corrected chi connectivity index (χ2v) is 4.69. The molecule has 0 amide bonds. The van der Waals surface area contributed by atoms with E-state index in [1.165, 1.54) is 0 Å². The quantitative estimate of drug-likeness (QED) is 0.898. The summed E-state index contributed by atoms with van der Waals surface area (Å²) >= 11 is 0. The predicted molar refractivity (Wildman–Crippen MR) is 79.5 cm³/mol. The lowest BCUT2D eigenvalue weighted by Gasteiger charge is -2.20. The summed E-state index contributed by atoms with van der Waals surface area (Å²) in [4.78, 5) is 6.01. The molecule has 22 heavy (non-hydrogen) atoms. The molecule has 0 fully saturated rings. The van der Waals surface area contributed by atoms with Crippen molar-refractivity contribution in [2.75, 3.05) is 18.0 Å². The molecule has 1 aromatic rings. The Balaban J connectivity index is 2.27. The molecule has 8 heteroatoms. The molecule has 5 nitrogen and oxygen atoms in total. The van der Waals surface area contributed by atoms with Crippen molar-refractivity contribution in [3.8, 4) is 0 Å². The zero-order valence-electron chi connectivity index (χ0n) is 12.2. The molecule has 0 aromatic heterocycles. The van der Waals surface area contributed by atoms with Crippen molar-refractivity contribution >= 4 is 22.9 Å². The summed E-state index contributed by atoms with van der Waals surface area (Å²) in [6.07, 6.45) is -4.59. The summed E-state index contributed by atoms with van der Waals surface area (Å²) < 4.78 is 38.4. The highest BCUT2D eigenvalue weighted by Crippen LogP contribution is 2.30. The zero-order chi connectivity index (χ0) is 16.3. The number of hydrogen-bond acceptors (Lipinski definition) is 4. The summed E-state index contributed by atoms with van der Waals surface area (Å²) in [6.45, 7) is 5.72. The number of alkyl halides is 3. The topological polar surface area (TPSA) is 64.2 Å². The predicted octanol–water partition coefficient (Wildman–Crippen LogP) is 3.98. The number of anilines is 1. The number of nitrogens with zero attached hydrogens (tertiary/aromatic N) is 4. The van der Waals surface area contributed by atoms with Gasteiger partial charge in [-0.05, 0) is 38.1 Å². The summed E-state index contributed by atoms with van der Waals surface area (Å²) in [5.41, 5.74) is 0.845. The second kappa shape index (κ2) is 6.25. The minimum atomic E-state index is -4.59. The third-order valence-electron chi connectivity index (χ3n) is 3.31. The van der Waals surface area contributed by atoms with Gasteiger partial charge < -0.3 is 4.90 Å². The number of rotatable bonds is 4. The van der Waals surface area contributed by atoms with Gasteiger partial charge in [-0.1, -0.05) is 0 Å². The van der Waals surface area contributed by atoms with Gasteiger partial charge in [-0.3, -0.25) is 5.41 Å². The van der Waals surface area contributed by atoms with Gasteiger partial charge in [0.15, 0.2) is 5.84 Å². The molecular weight excluding hydrogens is 295 g/mol. The Bertz CT molecular complexity index is 600. The minimum Gasteiger partial charge on any atom is -0.372 e. The van der Waals surface area contributed by atoms with Crippen LogP contribution in [0.5, 0.6) is 0 Å². The van der Waals surface area contributed by atoms with E-state index in [9.17, 15) is 13.2 Å². The summed E-state index contributed by atoms with van der Waals surface area (Å²) in [7, 11) is 0. The molecule has 0 saturated heterocycles. The molecule has 1 aromatic carbocycles. The minimum absolute atomic E-state index is 0.345. The number of benzene rings is 1. The number of aliphatic imine (C=N–C) groups is 1. The molecular formula is C14H16F3N5. The van der Waals surface area contributed by atoms with Gasteiger partial charge in [-0.15, -0.1) is 5.11 Å². The Morgan fingerprint density at radius 1 is 1.18 bits per heavy atom. The Morgan fingerprint density at radius 2 is 1.77 bits per heavy atom. The highest BCUT2D eigenvalue weighted by molar-refractivity contribution is 6.44. The summed E-state index contributed by atoms with van der Waals surface area (Å²) in [6, 6.07) is 4.69. The fraction of sp³-hybridized carbons (Fsp3) is 0.429. The third kappa shape index (κ3) is 3.32. The molecule has 1 atom stereocenters. The first-order chi connectivity index (χ1) is 10.4. The molecule has 1 heterocycles. The van der Waals surface area contributed by atoms with Crippen LogP contribution in [0.15, 0.2) is 39.5 Å². The van der Waals surface area contributed by atoms with Crippen LogP contribution >= 0.6 is 0 Å². The van der Waals surface area contributed by atoms with Gasteiger partial charge in [0.1, 0.15) is 5.71 Å². The van der Waals surface area contributed by atoms with Crippen LogP contribution in [0.4, 0.5) is 24.5 Å². The van der Waals surface area contributed by atoms with Crippen LogP contribution < -0.4 is 4.90 Å². The van der Waals surface area contributed by atoms with Crippen LogP contribution in [0.2, 0.25) is 0 Å². The van der Waals surface area contributed by atoms with E-state index in [-0.39, 0.29) is 0 Å². The first-order valence-corrected chi connectivity index (χ1v) is 6.86. The van der Waals surface area contributed by atoms with Crippen molar-refractivity contribution in [2.24, 2.45) is 15.2 Å². The standard InChI is InChI=1S/C14H16F3N5/c1-3-22(4-2)10-7-5-9(6-8-10)19-11-12(14(15,16)17)20-21-13(11)18/h5-8,12,18H,3-4H2,1-2H3. The normalized spacial score (nSPS) is 20.0. The van der Waals surface area contributed by atoms with Crippen molar-refractivity contribution in [1.82, 2.24) is 0 Å². The number of nitrogens with one attached hydrogen (secondary N) is 1. The summed E-state index contributed by atoms with van der Waals surface area (Å²) in [5.74, 6) is -0.546. The molecule has 1 N–H and O–H groups in total. The fourth-order valence-corrected chi connectivity index (χ4v) is 2.15. The Hall–Kier alpha value is -2.25. The van der Waals surface area contributed by atoms with E-state index in [0.29, 0.717) is 5.69 Å². The van der Waals surface area contributed by atoms with E-state index < -0.39 is 23.8 Å². The van der Waals surface area contributed by atoms with E-state index >= 15 is 0 Å². The van der Waals surface area contributed by atoms with Crippen LogP contribution in [-0.2, 0) is 0 Å². The van der Waals surface area contributed by atoms with E-state index in [1.807, 2.05) is 13.8 Å². The molecule has 0 saturated carbocycles. The maximum Gasteiger partial charge on any atom is 0.418 e. The zero-order valence-corrected chi connectivity index (χ0v) is 12.2. The lowest BCUT2D eigenvalue weighted by molar-refractivity contribution is -0.131. The SMILES string of the molecule is CCN(CC)c1ccc(N=C2C(=N)N=NC2C(F)(F)F)cc1. The molecule has 2 rings (SSSR count). The molecule has 0 aliphatic carbocycles. The van der Waals surface area contributed by atoms with Crippen molar-refractivity contribution in [3.63, 3.8) is 0 Å². The van der Waals surface area contributed by atoms with Crippen LogP contribution in [0.3, 0.4) is 0 Å². The summed E-state index contributed by atoms with van der Waals surface area (Å²) in [5, 5.41) is 13.7. The first-order valence-electron chi connectivity index (χ1n) is 6.86. The Kier molecular flexibility index (Phi) is 4.58. The van der Waals surface area contributed by atoms with Gasteiger partial charge in [-0.2, -0.15) is 18.3 Å². The van der Waals surface area contributed by atoms with Crippen LogP contribution in [0.1, 0.15) is 13.8 Å². The highest BCUT2D eigenvalue weighted by atomic mass is 19.4. The molecule has 0 bridgehead atoms. The molecule has 1 aliphatic rings. The highest BCUT2D eigenvalue weighted by Gasteiger charge is 2.48. The van der Waals surface area contributed by atoms with Crippen molar-refractivity contribution in [2.45, 2.75) is 26.1 Å². The van der Waals surface area contributed by atoms with Crippen LogP contribution in [0.25, 0.3) is 0 Å². The maximum atomic E-state index is 12.8. The van der Waals surface area contributed by atoms with Gasteiger partial charge >= 0.3 is 6.18 Å². The van der Waals surface area contributed by atoms with Crippen LogP contribution in [0, 0.1) is 5.41 Å². The largest absolute Gasteiger partial charge is 0.418 e. The molecule has 0 spiro atoms. The van der Waals surface area contributed by atoms with E-state index in [0.717, 1.165) is 18.8 Å². The molecule has 1 aliphatic heterocycles. The monoisotopic (exact) mass is 311 g/mol. The van der Waals surface area contributed by atoms with E-state index in [2.05, 4.69) is 20.1 Å². The Labute approximate surface area is 126 Å². The van der Waals surface area contributed by atoms with Gasteiger partial charge in [-0.25, -0.2) is 4.99 Å². The average molecular weight is 311 g/mol. The van der Waals surface area contributed by atoms with Gasteiger partial charge in [0, 0.05) is 18.8 Å². The lowest BCUT2D eigenvalue weighted by atomic mass is 10.1. The van der Waals surface area contributed by atoms with Crippen molar-refractivity contribution in [1.29, 1.82) is 5.41 Å². The lowest BCUT2D eigenvalue weighted by Crippen LogP contribution is -2.34. The second-order valence-electron chi connectivity index (χ2n) is 4.69. The molecule has 1 unspecified atom stereocenters. The fourth-order valence-electron chi connectivity index (χ4n) is 2.15.